The molecule has 0 atom stereocenters. The predicted molar refractivity (Wildman–Crippen MR) is 56.6 cm³/mol. The number of halogens is 6. The van der Waals surface area contributed by atoms with Crippen molar-refractivity contribution in [3.05, 3.63) is 0 Å². The smallest absolute Gasteiger partial charge is 0.432 e. The van der Waals surface area contributed by atoms with Gasteiger partial charge in [-0.05, 0) is 6.92 Å². The van der Waals surface area contributed by atoms with Crippen LogP contribution in [0.4, 0.5) is 31.1 Å². The van der Waals surface area contributed by atoms with Gasteiger partial charge in [0, 0.05) is 14.2 Å². The maximum absolute atomic E-state index is 13.0. The number of carbonyl (C=O) groups excluding carboxylic acids is 1. The molecule has 0 aliphatic carbocycles. The molecule has 0 heterocycles. The summed E-state index contributed by atoms with van der Waals surface area (Å²) >= 11 is 0. The van der Waals surface area contributed by atoms with Crippen molar-refractivity contribution in [1.82, 2.24) is 5.32 Å². The lowest BCUT2D eigenvalue weighted by Crippen LogP contribution is -2.67. The van der Waals surface area contributed by atoms with Crippen molar-refractivity contribution < 1.29 is 49.5 Å². The second-order valence-corrected chi connectivity index (χ2v) is 5.81. The van der Waals surface area contributed by atoms with Gasteiger partial charge in [0.05, 0.1) is 6.61 Å². The molecule has 126 valence electrons. The Morgan fingerprint density at radius 3 is 1.67 bits per heavy atom. The quantitative estimate of drug-likeness (QED) is 0.611. The molecule has 0 bridgehead atoms. The van der Waals surface area contributed by atoms with Crippen molar-refractivity contribution in [3.63, 3.8) is 0 Å². The first-order valence-corrected chi connectivity index (χ1v) is 6.67. The molecule has 21 heavy (non-hydrogen) atoms. The Morgan fingerprint density at radius 1 is 1.05 bits per heavy atom. The van der Waals surface area contributed by atoms with Gasteiger partial charge in [0.25, 0.3) is 0 Å². The number of ether oxygens (including phenoxy) is 1. The van der Waals surface area contributed by atoms with Crippen molar-refractivity contribution in [2.45, 2.75) is 24.6 Å². The first-order valence-electron chi connectivity index (χ1n) is 5.13. The van der Waals surface area contributed by atoms with Crippen LogP contribution in [-0.2, 0) is 18.3 Å². The minimum absolute atomic E-state index is 0.323. The van der Waals surface area contributed by atoms with Gasteiger partial charge in [-0.1, -0.05) is 0 Å². The Hall–Kier alpha value is -1.00. The van der Waals surface area contributed by atoms with Gasteiger partial charge in [-0.15, -0.1) is 0 Å². The Labute approximate surface area is 115 Å². The fourth-order valence-electron chi connectivity index (χ4n) is 1.34. The molecule has 0 unspecified atom stereocenters. The summed E-state index contributed by atoms with van der Waals surface area (Å²) in [6, 6.07) is 0. The predicted octanol–water partition coefficient (Wildman–Crippen LogP) is 3.04. The van der Waals surface area contributed by atoms with Crippen LogP contribution >= 0.6 is 7.60 Å². The SMILES string of the molecule is CCOC(=O)NC(C(F)(F)F)(C(F)(F)F)P(=O)(OC)OC. The zero-order chi connectivity index (χ0) is 17.1. The minimum Gasteiger partial charge on any atom is -0.450 e. The average Bonchev–Trinajstić information content (AvgIpc) is 2.32. The third-order valence-corrected chi connectivity index (χ3v) is 4.67. The van der Waals surface area contributed by atoms with Crippen LogP contribution in [0.25, 0.3) is 0 Å². The molecule has 0 aromatic rings. The minimum atomic E-state index is -6.24. The molecule has 0 aromatic heterocycles. The fraction of sp³-hybridized carbons (Fsp3) is 0.875. The molecule has 0 rings (SSSR count). The molecule has 0 saturated heterocycles. The van der Waals surface area contributed by atoms with Gasteiger partial charge < -0.3 is 13.8 Å². The largest absolute Gasteiger partial charge is 0.450 e. The van der Waals surface area contributed by atoms with Crippen molar-refractivity contribution in [3.8, 4) is 0 Å². The highest BCUT2D eigenvalue weighted by atomic mass is 31.2. The van der Waals surface area contributed by atoms with Crippen LogP contribution in [-0.4, -0.2) is 44.6 Å². The maximum atomic E-state index is 13.0. The van der Waals surface area contributed by atoms with E-state index in [1.165, 1.54) is 0 Å². The van der Waals surface area contributed by atoms with E-state index >= 15 is 0 Å². The second kappa shape index (κ2) is 6.41. The van der Waals surface area contributed by atoms with Crippen molar-refractivity contribution >= 4 is 13.7 Å². The van der Waals surface area contributed by atoms with Crippen LogP contribution < -0.4 is 5.32 Å². The molecule has 0 aromatic carbocycles. The Kier molecular flexibility index (Phi) is 6.10. The number of hydrogen-bond donors (Lipinski definition) is 1. The zero-order valence-corrected chi connectivity index (χ0v) is 11.9. The monoisotopic (exact) mass is 347 g/mol. The number of hydrogen-bond acceptors (Lipinski definition) is 5. The van der Waals surface area contributed by atoms with E-state index in [-0.39, 0.29) is 0 Å². The Morgan fingerprint density at radius 2 is 1.43 bits per heavy atom. The van der Waals surface area contributed by atoms with Crippen LogP contribution in [0.5, 0.6) is 0 Å². The topological polar surface area (TPSA) is 73.9 Å². The maximum Gasteiger partial charge on any atom is 0.432 e. The van der Waals surface area contributed by atoms with Gasteiger partial charge in [-0.25, -0.2) is 4.79 Å². The van der Waals surface area contributed by atoms with Crippen LogP contribution in [0.1, 0.15) is 6.92 Å². The highest BCUT2D eigenvalue weighted by Gasteiger charge is 2.82. The summed E-state index contributed by atoms with van der Waals surface area (Å²) in [5.41, 5.74) is 0. The van der Waals surface area contributed by atoms with E-state index in [0.29, 0.717) is 19.5 Å². The van der Waals surface area contributed by atoms with Crippen LogP contribution in [0.2, 0.25) is 0 Å². The van der Waals surface area contributed by atoms with E-state index in [1.54, 1.807) is 0 Å². The standard InChI is InChI=1S/C8H12F6NO5P/c1-4-20-5(16)15-6(7(9,10)11,8(12,13)14)21(17,18-2)19-3/h4H2,1-3H3,(H,15,16). The van der Waals surface area contributed by atoms with Gasteiger partial charge in [-0.2, -0.15) is 26.3 Å². The summed E-state index contributed by atoms with van der Waals surface area (Å²) in [6.45, 7) is 0.635. The summed E-state index contributed by atoms with van der Waals surface area (Å²) in [5.74, 6) is 0. The van der Waals surface area contributed by atoms with Crippen molar-refractivity contribution in [1.29, 1.82) is 0 Å². The molecular weight excluding hydrogens is 335 g/mol. The summed E-state index contributed by atoms with van der Waals surface area (Å²) in [6.07, 6.45) is -14.6. The number of rotatable bonds is 5. The molecule has 0 fully saturated rings. The summed E-state index contributed by atoms with van der Waals surface area (Å²) in [5, 5.41) is -4.73. The molecule has 1 N–H and O–H groups in total. The number of alkyl carbamates (subject to hydrolysis) is 1. The lowest BCUT2D eigenvalue weighted by atomic mass is 10.2. The first-order chi connectivity index (χ1) is 9.33. The Bertz CT molecular complexity index is 400. The highest BCUT2D eigenvalue weighted by molar-refractivity contribution is 7.55. The third kappa shape index (κ3) is 3.43. The lowest BCUT2D eigenvalue weighted by molar-refractivity contribution is -0.279. The zero-order valence-electron chi connectivity index (χ0n) is 11.0. The number of amides is 1. The van der Waals surface area contributed by atoms with E-state index in [0.717, 1.165) is 6.92 Å². The molecule has 13 heteroatoms. The molecular formula is C8H12F6NO5P. The first kappa shape index (κ1) is 20.0. The fourth-order valence-corrected chi connectivity index (χ4v) is 2.89. The molecule has 6 nitrogen and oxygen atoms in total. The number of carbonyl (C=O) groups is 1. The molecule has 1 amide bonds. The van der Waals surface area contributed by atoms with E-state index in [4.69, 9.17) is 0 Å². The summed E-state index contributed by atoms with van der Waals surface area (Å²) in [7, 11) is -5.26. The second-order valence-electron chi connectivity index (χ2n) is 3.41. The van der Waals surface area contributed by atoms with Crippen molar-refractivity contribution in [2.24, 2.45) is 0 Å². The average molecular weight is 347 g/mol. The normalized spacial score (nSPS) is 14.0. The number of alkyl halides is 6. The van der Waals surface area contributed by atoms with E-state index in [9.17, 15) is 35.7 Å². The third-order valence-electron chi connectivity index (χ3n) is 2.27. The Balaban J connectivity index is 6.30. The van der Waals surface area contributed by atoms with E-state index in [1.807, 2.05) is 0 Å². The highest BCUT2D eigenvalue weighted by Crippen LogP contribution is 2.68. The summed E-state index contributed by atoms with van der Waals surface area (Å²) in [4.78, 5) is 11.1. The van der Waals surface area contributed by atoms with E-state index in [2.05, 4.69) is 13.8 Å². The molecule has 0 aliphatic heterocycles. The summed E-state index contributed by atoms with van der Waals surface area (Å²) < 4.78 is 102. The van der Waals surface area contributed by atoms with Gasteiger partial charge in [0.15, 0.2) is 0 Å². The van der Waals surface area contributed by atoms with Gasteiger partial charge in [0.2, 0.25) is 0 Å². The lowest BCUT2D eigenvalue weighted by Gasteiger charge is -2.39. The van der Waals surface area contributed by atoms with Gasteiger partial charge in [0.1, 0.15) is 0 Å². The van der Waals surface area contributed by atoms with Crippen molar-refractivity contribution in [2.75, 3.05) is 20.8 Å². The van der Waals surface area contributed by atoms with Gasteiger partial charge in [-0.3, -0.25) is 9.88 Å². The number of nitrogens with one attached hydrogen (secondary N) is 1. The van der Waals surface area contributed by atoms with Crippen LogP contribution in [0.15, 0.2) is 0 Å². The molecule has 0 saturated carbocycles. The molecule has 0 aliphatic rings. The molecule has 0 spiro atoms. The molecule has 0 radical (unpaired) electrons. The van der Waals surface area contributed by atoms with E-state index < -0.39 is 37.9 Å². The van der Waals surface area contributed by atoms with Crippen LogP contribution in [0.3, 0.4) is 0 Å². The van der Waals surface area contributed by atoms with Crippen LogP contribution in [0, 0.1) is 0 Å². The van der Waals surface area contributed by atoms with Gasteiger partial charge >= 0.3 is 31.3 Å².